The number of fused-ring (bicyclic) bond motifs is 2. The summed E-state index contributed by atoms with van der Waals surface area (Å²) in [6, 6.07) is 0. The number of halogens is 7. The zero-order valence-electron chi connectivity index (χ0n) is 6.43. The Kier molecular flexibility index (Phi) is 2.76. The second-order valence-corrected chi connectivity index (χ2v) is 7.35. The Bertz CT molecular complexity index is 335. The first-order valence-corrected chi connectivity index (χ1v) is 6.34. The minimum absolute atomic E-state index is 0.192. The Morgan fingerprint density at radius 2 is 1.50 bits per heavy atom. The Balaban J connectivity index is 2.66. The molecule has 3 unspecified atom stereocenters. The lowest BCUT2D eigenvalue weighted by Gasteiger charge is -2.36. The van der Waals surface area contributed by atoms with Gasteiger partial charge in [0.05, 0.1) is 15.4 Å². The van der Waals surface area contributed by atoms with Crippen LogP contribution in [0.5, 0.6) is 0 Å². The lowest BCUT2D eigenvalue weighted by atomic mass is 10.0. The van der Waals surface area contributed by atoms with E-state index in [0.29, 0.717) is 0 Å². The normalized spacial score (nSPS) is 50.4. The van der Waals surface area contributed by atoms with Gasteiger partial charge in [-0.2, -0.15) is 0 Å². The Labute approximate surface area is 116 Å². The summed E-state index contributed by atoms with van der Waals surface area (Å²) in [5.41, 5.74) is 0. The Hall–Kier alpha value is 1.77. The van der Waals surface area contributed by atoms with E-state index in [1.165, 1.54) is 0 Å². The molecule has 0 amide bonds. The number of rotatable bonds is 0. The van der Waals surface area contributed by atoms with Gasteiger partial charge in [-0.1, -0.05) is 46.4 Å². The molecular weight excluding hydrogens is 332 g/mol. The molecule has 0 saturated heterocycles. The second kappa shape index (κ2) is 3.16. The third-order valence-corrected chi connectivity index (χ3v) is 7.45. The first-order valence-electron chi connectivity index (χ1n) is 3.64. The highest BCUT2D eigenvalue weighted by Gasteiger charge is 2.75. The number of alkyl halides is 5. The monoisotopic (exact) mass is 332 g/mol. The zero-order chi connectivity index (χ0) is 10.9. The summed E-state index contributed by atoms with van der Waals surface area (Å²) in [5.74, 6) is 0. The molecular formula is C7H3Cl7. The van der Waals surface area contributed by atoms with Crippen LogP contribution in [0, 0.1) is 0 Å². The molecule has 2 rings (SSSR count). The van der Waals surface area contributed by atoms with Gasteiger partial charge in [0.25, 0.3) is 0 Å². The highest BCUT2D eigenvalue weighted by Crippen LogP contribution is 2.71. The highest BCUT2D eigenvalue weighted by molar-refractivity contribution is 6.64. The Morgan fingerprint density at radius 3 is 1.86 bits per heavy atom. The van der Waals surface area contributed by atoms with Crippen LogP contribution in [0.2, 0.25) is 0 Å². The molecule has 0 heterocycles. The molecule has 0 radical (unpaired) electrons. The third kappa shape index (κ3) is 1.12. The number of allylic oxidation sites excluding steroid dienone is 2. The first kappa shape index (κ1) is 12.2. The summed E-state index contributed by atoms with van der Waals surface area (Å²) in [7, 11) is 0. The molecule has 2 aliphatic carbocycles. The van der Waals surface area contributed by atoms with Crippen LogP contribution < -0.4 is 0 Å². The molecule has 14 heavy (non-hydrogen) atoms. The summed E-state index contributed by atoms with van der Waals surface area (Å²) in [5, 5.41) is -0.335. The molecule has 7 heteroatoms. The summed E-state index contributed by atoms with van der Waals surface area (Å²) in [4.78, 5) is -2.23. The van der Waals surface area contributed by atoms with Crippen molar-refractivity contribution >= 4 is 81.2 Å². The van der Waals surface area contributed by atoms with Crippen LogP contribution in [-0.4, -0.2) is 19.5 Å². The zero-order valence-corrected chi connectivity index (χ0v) is 11.7. The molecule has 0 N–H and O–H groups in total. The Morgan fingerprint density at radius 1 is 1.00 bits per heavy atom. The lowest BCUT2D eigenvalue weighted by molar-refractivity contribution is 0.681. The van der Waals surface area contributed by atoms with Crippen LogP contribution in [0.15, 0.2) is 10.1 Å². The van der Waals surface area contributed by atoms with Crippen molar-refractivity contribution in [3.05, 3.63) is 10.1 Å². The van der Waals surface area contributed by atoms with E-state index in [9.17, 15) is 0 Å². The molecule has 3 atom stereocenters. The molecule has 2 bridgehead atoms. The van der Waals surface area contributed by atoms with Gasteiger partial charge in [-0.3, -0.25) is 0 Å². The summed E-state index contributed by atoms with van der Waals surface area (Å²) >= 11 is 42.4. The average molecular weight is 335 g/mol. The van der Waals surface area contributed by atoms with Gasteiger partial charge in [0, 0.05) is 6.42 Å². The van der Waals surface area contributed by atoms with Crippen molar-refractivity contribution in [1.82, 2.24) is 0 Å². The van der Waals surface area contributed by atoms with Gasteiger partial charge in [-0.05, 0) is 0 Å². The first-order chi connectivity index (χ1) is 6.18. The average Bonchev–Trinajstić information content (AvgIpc) is 2.35. The molecule has 2 aliphatic rings. The van der Waals surface area contributed by atoms with Crippen LogP contribution in [0.4, 0.5) is 0 Å². The summed E-state index contributed by atoms with van der Waals surface area (Å²) < 4.78 is -1.41. The maximum atomic E-state index is 6.21. The van der Waals surface area contributed by atoms with E-state index >= 15 is 0 Å². The second-order valence-electron chi connectivity index (χ2n) is 3.45. The van der Waals surface area contributed by atoms with E-state index in [0.717, 1.165) is 0 Å². The third-order valence-electron chi connectivity index (χ3n) is 2.65. The minimum Gasteiger partial charge on any atom is -0.117 e. The van der Waals surface area contributed by atoms with Crippen molar-refractivity contribution in [3.63, 3.8) is 0 Å². The van der Waals surface area contributed by atoms with Crippen molar-refractivity contribution in [1.29, 1.82) is 0 Å². The van der Waals surface area contributed by atoms with Crippen LogP contribution in [0.1, 0.15) is 6.42 Å². The largest absolute Gasteiger partial charge is 0.160 e. The molecule has 0 nitrogen and oxygen atoms in total. The summed E-state index contributed by atoms with van der Waals surface area (Å²) in [6.07, 6.45) is 0.238. The van der Waals surface area contributed by atoms with Gasteiger partial charge >= 0.3 is 0 Å². The van der Waals surface area contributed by atoms with Crippen LogP contribution >= 0.6 is 81.2 Å². The molecule has 0 aromatic carbocycles. The lowest BCUT2D eigenvalue weighted by Crippen LogP contribution is -2.46. The predicted molar refractivity (Wildman–Crippen MR) is 64.6 cm³/mol. The van der Waals surface area contributed by atoms with Gasteiger partial charge in [-0.15, -0.1) is 34.8 Å². The highest BCUT2D eigenvalue weighted by atomic mass is 35.5. The van der Waals surface area contributed by atoms with Gasteiger partial charge in [-0.25, -0.2) is 0 Å². The van der Waals surface area contributed by atoms with E-state index in [4.69, 9.17) is 81.2 Å². The molecule has 0 aromatic rings. The van der Waals surface area contributed by atoms with Crippen LogP contribution in [0.25, 0.3) is 0 Å². The molecule has 0 aromatic heterocycles. The number of hydrogen-bond donors (Lipinski definition) is 0. The van der Waals surface area contributed by atoms with Crippen LogP contribution in [0.3, 0.4) is 0 Å². The number of hydrogen-bond acceptors (Lipinski definition) is 0. The maximum absolute atomic E-state index is 6.21. The topological polar surface area (TPSA) is 0 Å². The van der Waals surface area contributed by atoms with Crippen molar-refractivity contribution in [2.45, 2.75) is 25.9 Å². The predicted octanol–water partition coefficient (Wildman–Crippen LogP) is 4.83. The molecule has 1 saturated carbocycles. The van der Waals surface area contributed by atoms with Gasteiger partial charge in [0.2, 0.25) is 0 Å². The standard InChI is InChI=1S/C7H3Cl7/c8-2-3(9)6(12)1-5(2,11)4(10)7(6,13)14/h4H,1H2. The summed E-state index contributed by atoms with van der Waals surface area (Å²) in [6.45, 7) is 0. The van der Waals surface area contributed by atoms with Crippen molar-refractivity contribution in [2.75, 3.05) is 0 Å². The molecule has 1 fully saturated rings. The fourth-order valence-electron chi connectivity index (χ4n) is 1.82. The molecule has 0 spiro atoms. The van der Waals surface area contributed by atoms with E-state index in [1.54, 1.807) is 0 Å². The van der Waals surface area contributed by atoms with E-state index in [2.05, 4.69) is 0 Å². The van der Waals surface area contributed by atoms with Gasteiger partial charge < -0.3 is 0 Å². The van der Waals surface area contributed by atoms with E-state index in [-0.39, 0.29) is 16.5 Å². The maximum Gasteiger partial charge on any atom is 0.160 e. The van der Waals surface area contributed by atoms with Crippen molar-refractivity contribution in [2.24, 2.45) is 0 Å². The fraction of sp³-hybridized carbons (Fsp3) is 0.714. The van der Waals surface area contributed by atoms with E-state index in [1.807, 2.05) is 0 Å². The van der Waals surface area contributed by atoms with Crippen molar-refractivity contribution in [3.8, 4) is 0 Å². The quantitative estimate of drug-likeness (QED) is 0.556. The SMILES string of the molecule is ClC1=C(Cl)C2(Cl)CC1(Cl)C(Cl)C2(Cl)Cl. The van der Waals surface area contributed by atoms with Crippen LogP contribution in [-0.2, 0) is 0 Å². The molecule has 80 valence electrons. The van der Waals surface area contributed by atoms with Crippen molar-refractivity contribution < 1.29 is 0 Å². The van der Waals surface area contributed by atoms with Gasteiger partial charge in [0.15, 0.2) is 4.33 Å². The molecule has 0 aliphatic heterocycles. The van der Waals surface area contributed by atoms with Gasteiger partial charge in [0.1, 0.15) is 9.75 Å². The minimum atomic E-state index is -1.41. The fourth-order valence-corrected chi connectivity index (χ4v) is 4.97. The smallest absolute Gasteiger partial charge is 0.117 e. The van der Waals surface area contributed by atoms with E-state index < -0.39 is 19.5 Å².